The number of carbonyl (C=O) groups is 6. The van der Waals surface area contributed by atoms with Crippen LogP contribution in [0.25, 0.3) is 0 Å². The van der Waals surface area contributed by atoms with E-state index in [4.69, 9.17) is 0 Å². The van der Waals surface area contributed by atoms with Crippen molar-refractivity contribution >= 4 is 35.4 Å². The fraction of sp³-hybridized carbons (Fsp3) is 0.778. The van der Waals surface area contributed by atoms with E-state index < -0.39 is 91.9 Å². The van der Waals surface area contributed by atoms with Crippen molar-refractivity contribution in [1.29, 1.82) is 0 Å². The van der Waals surface area contributed by atoms with Crippen LogP contribution in [0.4, 0.5) is 0 Å². The Bertz CT molecular complexity index is 1050. The van der Waals surface area contributed by atoms with Gasteiger partial charge in [-0.05, 0) is 59.3 Å². The molecule has 1 saturated heterocycles. The first-order valence-electron chi connectivity index (χ1n) is 15.6. The number of carbonyl (C=O) groups excluding carboxylic acids is 6. The van der Waals surface area contributed by atoms with Gasteiger partial charge in [0.2, 0.25) is 35.4 Å². The summed E-state index contributed by atoms with van der Waals surface area (Å²) in [5.41, 5.74) is 0. The molecule has 0 saturated carbocycles. The van der Waals surface area contributed by atoms with Gasteiger partial charge in [-0.1, -0.05) is 0 Å². The van der Waals surface area contributed by atoms with Crippen LogP contribution in [0.1, 0.15) is 59.3 Å². The number of nitrogens with zero attached hydrogens (tertiary/aromatic N) is 3. The first-order valence-corrected chi connectivity index (χ1v) is 15.6. The Balaban J connectivity index is 0.0000230. The summed E-state index contributed by atoms with van der Waals surface area (Å²) < 4.78 is 0. The minimum atomic E-state index is -1.35. The van der Waals surface area contributed by atoms with Crippen LogP contribution in [0, 0.1) is 0 Å². The second kappa shape index (κ2) is 24.2. The zero-order chi connectivity index (χ0) is 36.4. The second-order valence-electron chi connectivity index (χ2n) is 11.3. The van der Waals surface area contributed by atoms with Gasteiger partial charge in [-0.2, -0.15) is 15.2 Å². The van der Waals surface area contributed by atoms with E-state index in [2.05, 4.69) is 31.9 Å². The first-order chi connectivity index (χ1) is 22.5. The summed E-state index contributed by atoms with van der Waals surface area (Å²) in [6.07, 6.45) is -3.73. The van der Waals surface area contributed by atoms with Gasteiger partial charge in [-0.3, -0.25) is 28.8 Å². The minimum absolute atomic E-state index is 0. The van der Waals surface area contributed by atoms with E-state index in [-0.39, 0.29) is 75.2 Å². The Hall–Kier alpha value is -3.02. The van der Waals surface area contributed by atoms with Gasteiger partial charge in [-0.15, -0.1) is 0 Å². The molecule has 1 heterocycles. The summed E-state index contributed by atoms with van der Waals surface area (Å²) in [7, 11) is 0. The topological polar surface area (TPSA) is 306 Å². The molecule has 1 rings (SSSR count). The molecule has 0 aliphatic carbocycles. The van der Waals surface area contributed by atoms with E-state index in [9.17, 15) is 59.7 Å². The zero-order valence-electron chi connectivity index (χ0n) is 27.8. The number of aliphatic hydroxyl groups is 3. The molecular formula is C27H51FeN9O12. The van der Waals surface area contributed by atoms with Crippen molar-refractivity contribution in [3.05, 3.63) is 0 Å². The summed E-state index contributed by atoms with van der Waals surface area (Å²) in [5, 5.41) is 74.3. The summed E-state index contributed by atoms with van der Waals surface area (Å²) in [6, 6.07) is -3.95. The van der Waals surface area contributed by atoms with Crippen LogP contribution in [-0.4, -0.2) is 158 Å². The molecule has 21 nitrogen and oxygen atoms in total. The zero-order valence-corrected chi connectivity index (χ0v) is 28.9. The quantitative estimate of drug-likeness (QED) is 0.0425. The van der Waals surface area contributed by atoms with Gasteiger partial charge < -0.3 is 62.8 Å². The maximum absolute atomic E-state index is 13.6. The second-order valence-corrected chi connectivity index (χ2v) is 11.3. The van der Waals surface area contributed by atoms with Crippen molar-refractivity contribution in [2.75, 3.05) is 39.3 Å². The Labute approximate surface area is 294 Å². The molecule has 22 heteroatoms. The average Bonchev–Trinajstić information content (AvgIpc) is 3.02. The summed E-state index contributed by atoms with van der Waals surface area (Å²) >= 11 is 0. The number of aliphatic hydroxyl groups excluding tert-OH is 3. The predicted octanol–water partition coefficient (Wildman–Crippen LogP) is -4.77. The SMILES string of the molecule is CC(O)N(O)CCCC1NC(=O)CNC(=O)CNC(=O)CNC(=O)C(CCCN(O)C(C)O)NC(=O)C(CCCN(O)C(C)O)NC1=O.[Fe]. The molecule has 1 fully saturated rings. The Morgan fingerprint density at radius 1 is 0.531 bits per heavy atom. The molecule has 284 valence electrons. The van der Waals surface area contributed by atoms with Gasteiger partial charge in [0.25, 0.3) is 0 Å². The maximum atomic E-state index is 13.6. The van der Waals surface area contributed by atoms with Gasteiger partial charge in [0.1, 0.15) is 36.8 Å². The number of hydroxylamine groups is 6. The van der Waals surface area contributed by atoms with Crippen LogP contribution < -0.4 is 31.9 Å². The molecule has 0 bridgehead atoms. The Morgan fingerprint density at radius 2 is 0.837 bits per heavy atom. The molecule has 0 aromatic carbocycles. The van der Waals surface area contributed by atoms with Crippen LogP contribution in [-0.2, 0) is 45.8 Å². The molecule has 49 heavy (non-hydrogen) atoms. The molecule has 0 radical (unpaired) electrons. The number of rotatable bonds is 15. The first kappa shape index (κ1) is 46.0. The van der Waals surface area contributed by atoms with Crippen molar-refractivity contribution in [3.63, 3.8) is 0 Å². The number of nitrogens with one attached hydrogen (secondary N) is 6. The standard InChI is InChI=1S/C27H51N9O12.Fe/c1-16(37)34(46)10-4-7-19-25(43)30-14-23(41)28-13-22(40)29-15-24(42)31-20(8-5-11-35(47)17(2)38)26(44)33-21(27(45)32-19)9-6-12-36(48)18(3)39;/h16-21,37-39,46-48H,4-15H2,1-3H3,(H,28,41)(H,29,40)(H,30,43)(H,31,42)(H,32,45)(H,33,44);. The van der Waals surface area contributed by atoms with Crippen molar-refractivity contribution in [2.45, 2.75) is 96.1 Å². The third-order valence-corrected chi connectivity index (χ3v) is 7.17. The summed E-state index contributed by atoms with van der Waals surface area (Å²) in [6.45, 7) is 1.93. The molecule has 1 aliphatic heterocycles. The number of amides is 6. The Kier molecular flexibility index (Phi) is 22.7. The smallest absolute Gasteiger partial charge is 0.243 e. The van der Waals surface area contributed by atoms with E-state index in [0.717, 1.165) is 0 Å². The number of hydrogen-bond acceptors (Lipinski definition) is 15. The maximum Gasteiger partial charge on any atom is 0.243 e. The molecule has 6 atom stereocenters. The molecule has 0 spiro atoms. The fourth-order valence-electron chi connectivity index (χ4n) is 4.30. The van der Waals surface area contributed by atoms with Crippen molar-refractivity contribution < 1.29 is 76.8 Å². The fourth-order valence-corrected chi connectivity index (χ4v) is 4.30. The van der Waals surface area contributed by atoms with Crippen LogP contribution in [0.3, 0.4) is 0 Å². The molecular weight excluding hydrogens is 698 g/mol. The molecule has 12 N–H and O–H groups in total. The normalized spacial score (nSPS) is 22.4. The molecule has 0 aromatic rings. The van der Waals surface area contributed by atoms with E-state index in [1.165, 1.54) is 20.8 Å². The van der Waals surface area contributed by atoms with Gasteiger partial charge >= 0.3 is 0 Å². The molecule has 6 unspecified atom stereocenters. The third kappa shape index (κ3) is 19.1. The largest absolute Gasteiger partial charge is 0.377 e. The average molecular weight is 750 g/mol. The van der Waals surface area contributed by atoms with E-state index in [1.807, 2.05) is 0 Å². The minimum Gasteiger partial charge on any atom is -0.377 e. The third-order valence-electron chi connectivity index (χ3n) is 7.17. The van der Waals surface area contributed by atoms with Crippen LogP contribution in [0.2, 0.25) is 0 Å². The van der Waals surface area contributed by atoms with E-state index in [1.54, 1.807) is 0 Å². The van der Waals surface area contributed by atoms with Crippen molar-refractivity contribution in [1.82, 2.24) is 47.1 Å². The van der Waals surface area contributed by atoms with Gasteiger partial charge in [-0.25, -0.2) is 0 Å². The van der Waals surface area contributed by atoms with Gasteiger partial charge in [0, 0.05) is 36.7 Å². The number of hydrogen-bond donors (Lipinski definition) is 12. The molecule has 1 aliphatic rings. The molecule has 0 aromatic heterocycles. The summed E-state index contributed by atoms with van der Waals surface area (Å²) in [5.74, 6) is -4.77. The molecule has 6 amide bonds. The van der Waals surface area contributed by atoms with Crippen LogP contribution in [0.5, 0.6) is 0 Å². The predicted molar refractivity (Wildman–Crippen MR) is 163 cm³/mol. The van der Waals surface area contributed by atoms with E-state index in [0.29, 0.717) is 15.2 Å². The van der Waals surface area contributed by atoms with Gasteiger partial charge in [0.15, 0.2) is 0 Å². The monoisotopic (exact) mass is 749 g/mol. The van der Waals surface area contributed by atoms with E-state index >= 15 is 0 Å². The Morgan fingerprint density at radius 3 is 1.20 bits per heavy atom. The van der Waals surface area contributed by atoms with Crippen LogP contribution >= 0.6 is 0 Å². The van der Waals surface area contributed by atoms with Gasteiger partial charge in [0.05, 0.1) is 19.6 Å². The summed E-state index contributed by atoms with van der Waals surface area (Å²) in [4.78, 5) is 77.2. The van der Waals surface area contributed by atoms with Crippen molar-refractivity contribution in [2.24, 2.45) is 0 Å². The van der Waals surface area contributed by atoms with Crippen molar-refractivity contribution in [3.8, 4) is 0 Å². The van der Waals surface area contributed by atoms with Crippen LogP contribution in [0.15, 0.2) is 0 Å².